The first-order chi connectivity index (χ1) is 7.59. The Labute approximate surface area is 101 Å². The summed E-state index contributed by atoms with van der Waals surface area (Å²) in [6, 6.07) is 0. The number of hydrogen-bond acceptors (Lipinski definition) is 4. The van der Waals surface area contributed by atoms with E-state index in [4.69, 9.17) is 21.7 Å². The molecule has 0 aromatic carbocycles. The first-order valence-electron chi connectivity index (χ1n) is 5.64. The monoisotopic (exact) mass is 246 g/mol. The van der Waals surface area contributed by atoms with Gasteiger partial charge in [0.15, 0.2) is 0 Å². The standard InChI is InChI=1S/C11H22N2O4/c1-10(12,8(14)15)6-4-3-5-7-11(2,13)9(16)17/h3-7,12-13H2,1-2H3,(H,14,15)(H,16,17)/t10-,11-/m0/s1. The number of unbranched alkanes of at least 4 members (excludes halogenated alkanes) is 2. The van der Waals surface area contributed by atoms with Crippen molar-refractivity contribution in [2.24, 2.45) is 11.5 Å². The predicted octanol–water partition coefficient (Wildman–Crippen LogP) is 0.541. The SMILES string of the molecule is C[C@](N)(CCCCC[C@](C)(N)C(=O)O)C(=O)O. The Hall–Kier alpha value is -1.14. The molecule has 2 atom stereocenters. The van der Waals surface area contributed by atoms with Crippen LogP contribution in [0.15, 0.2) is 0 Å². The van der Waals surface area contributed by atoms with Gasteiger partial charge in [0.1, 0.15) is 11.1 Å². The summed E-state index contributed by atoms with van der Waals surface area (Å²) < 4.78 is 0. The minimum atomic E-state index is -1.21. The number of nitrogens with two attached hydrogens (primary N) is 2. The van der Waals surface area contributed by atoms with Gasteiger partial charge in [0.2, 0.25) is 0 Å². The van der Waals surface area contributed by atoms with Gasteiger partial charge in [0.25, 0.3) is 0 Å². The zero-order valence-corrected chi connectivity index (χ0v) is 10.4. The molecule has 0 unspecified atom stereocenters. The average molecular weight is 246 g/mol. The van der Waals surface area contributed by atoms with E-state index < -0.39 is 23.0 Å². The lowest BCUT2D eigenvalue weighted by atomic mass is 9.92. The predicted molar refractivity (Wildman–Crippen MR) is 63.5 cm³/mol. The molecule has 17 heavy (non-hydrogen) atoms. The highest BCUT2D eigenvalue weighted by Crippen LogP contribution is 2.16. The van der Waals surface area contributed by atoms with Crippen LogP contribution in [-0.2, 0) is 9.59 Å². The first-order valence-corrected chi connectivity index (χ1v) is 5.64. The number of carbonyl (C=O) groups is 2. The zero-order valence-electron chi connectivity index (χ0n) is 10.4. The van der Waals surface area contributed by atoms with Crippen LogP contribution in [0.1, 0.15) is 46.0 Å². The Morgan fingerprint density at radius 3 is 1.41 bits per heavy atom. The summed E-state index contributed by atoms with van der Waals surface area (Å²) in [5.41, 5.74) is 8.70. The molecule has 0 aliphatic carbocycles. The van der Waals surface area contributed by atoms with E-state index in [2.05, 4.69) is 0 Å². The van der Waals surface area contributed by atoms with Gasteiger partial charge in [0.05, 0.1) is 0 Å². The Kier molecular flexibility index (Phi) is 5.57. The maximum Gasteiger partial charge on any atom is 0.323 e. The largest absolute Gasteiger partial charge is 0.480 e. The number of carboxylic acids is 2. The van der Waals surface area contributed by atoms with Crippen molar-refractivity contribution in [2.45, 2.75) is 57.0 Å². The van der Waals surface area contributed by atoms with Gasteiger partial charge in [-0.25, -0.2) is 0 Å². The molecule has 100 valence electrons. The van der Waals surface area contributed by atoms with Crippen LogP contribution in [0.3, 0.4) is 0 Å². The molecule has 0 saturated heterocycles. The van der Waals surface area contributed by atoms with Crippen LogP contribution in [0.2, 0.25) is 0 Å². The fourth-order valence-electron chi connectivity index (χ4n) is 1.38. The lowest BCUT2D eigenvalue weighted by molar-refractivity contribution is -0.143. The number of rotatable bonds is 8. The van der Waals surface area contributed by atoms with E-state index in [1.165, 1.54) is 13.8 Å². The molecule has 0 aliphatic heterocycles. The summed E-state index contributed by atoms with van der Waals surface area (Å²) in [5, 5.41) is 17.6. The molecule has 0 aromatic heterocycles. The summed E-state index contributed by atoms with van der Waals surface area (Å²) in [5.74, 6) is -2.04. The minimum Gasteiger partial charge on any atom is -0.480 e. The van der Waals surface area contributed by atoms with Crippen LogP contribution in [-0.4, -0.2) is 33.2 Å². The third kappa shape index (κ3) is 5.65. The van der Waals surface area contributed by atoms with Crippen LogP contribution >= 0.6 is 0 Å². The van der Waals surface area contributed by atoms with E-state index in [1.807, 2.05) is 0 Å². The molecule has 0 saturated carbocycles. The van der Waals surface area contributed by atoms with Gasteiger partial charge in [-0.2, -0.15) is 0 Å². The van der Waals surface area contributed by atoms with Gasteiger partial charge < -0.3 is 21.7 Å². The highest BCUT2D eigenvalue weighted by atomic mass is 16.4. The van der Waals surface area contributed by atoms with Crippen LogP contribution in [0.5, 0.6) is 0 Å². The molecule has 0 heterocycles. The molecule has 6 nitrogen and oxygen atoms in total. The highest BCUT2D eigenvalue weighted by Gasteiger charge is 2.28. The lowest BCUT2D eigenvalue weighted by Gasteiger charge is -2.20. The third-order valence-corrected chi connectivity index (χ3v) is 2.87. The van der Waals surface area contributed by atoms with Gasteiger partial charge in [0, 0.05) is 0 Å². The molecule has 0 spiro atoms. The van der Waals surface area contributed by atoms with Crippen LogP contribution in [0.25, 0.3) is 0 Å². The highest BCUT2D eigenvalue weighted by molar-refractivity contribution is 5.78. The zero-order chi connectivity index (χ0) is 13.7. The molecule has 0 rings (SSSR count). The van der Waals surface area contributed by atoms with Crippen LogP contribution < -0.4 is 11.5 Å². The van der Waals surface area contributed by atoms with Crippen molar-refractivity contribution in [3.05, 3.63) is 0 Å². The summed E-state index contributed by atoms with van der Waals surface area (Å²) in [6.45, 7) is 2.94. The average Bonchev–Trinajstić information content (AvgIpc) is 2.16. The van der Waals surface area contributed by atoms with Gasteiger partial charge in [-0.15, -0.1) is 0 Å². The van der Waals surface area contributed by atoms with Gasteiger partial charge in [-0.3, -0.25) is 9.59 Å². The Morgan fingerprint density at radius 1 is 0.882 bits per heavy atom. The van der Waals surface area contributed by atoms with Crippen molar-refractivity contribution < 1.29 is 19.8 Å². The molecular formula is C11H22N2O4. The van der Waals surface area contributed by atoms with Gasteiger partial charge >= 0.3 is 11.9 Å². The summed E-state index contributed by atoms with van der Waals surface area (Å²) in [4.78, 5) is 21.4. The van der Waals surface area contributed by atoms with Gasteiger partial charge in [-0.05, 0) is 26.7 Å². The molecule has 0 radical (unpaired) electrons. The fourth-order valence-corrected chi connectivity index (χ4v) is 1.38. The van der Waals surface area contributed by atoms with E-state index in [-0.39, 0.29) is 0 Å². The topological polar surface area (TPSA) is 127 Å². The van der Waals surface area contributed by atoms with Crippen molar-refractivity contribution in [3.8, 4) is 0 Å². The van der Waals surface area contributed by atoms with Crippen molar-refractivity contribution in [1.82, 2.24) is 0 Å². The second-order valence-electron chi connectivity index (χ2n) is 5.01. The molecule has 0 fully saturated rings. The second-order valence-corrected chi connectivity index (χ2v) is 5.01. The minimum absolute atomic E-state index is 0.372. The Bertz CT molecular complexity index is 259. The van der Waals surface area contributed by atoms with E-state index in [9.17, 15) is 9.59 Å². The van der Waals surface area contributed by atoms with Crippen LogP contribution in [0.4, 0.5) is 0 Å². The molecule has 6 heteroatoms. The van der Waals surface area contributed by atoms with Crippen molar-refractivity contribution in [2.75, 3.05) is 0 Å². The molecule has 0 aromatic rings. The van der Waals surface area contributed by atoms with Crippen molar-refractivity contribution in [1.29, 1.82) is 0 Å². The Morgan fingerprint density at radius 2 is 1.18 bits per heavy atom. The van der Waals surface area contributed by atoms with E-state index >= 15 is 0 Å². The normalized spacial score (nSPS) is 18.1. The molecular weight excluding hydrogens is 224 g/mol. The molecule has 6 N–H and O–H groups in total. The molecule has 0 bridgehead atoms. The molecule has 0 aliphatic rings. The van der Waals surface area contributed by atoms with Crippen molar-refractivity contribution in [3.63, 3.8) is 0 Å². The maximum absolute atomic E-state index is 10.7. The number of aliphatic carboxylic acids is 2. The maximum atomic E-state index is 10.7. The van der Waals surface area contributed by atoms with Crippen LogP contribution in [0, 0.1) is 0 Å². The first kappa shape index (κ1) is 15.9. The second kappa shape index (κ2) is 5.97. The lowest BCUT2D eigenvalue weighted by Crippen LogP contribution is -2.45. The summed E-state index contributed by atoms with van der Waals surface area (Å²) >= 11 is 0. The Balaban J connectivity index is 3.81. The fraction of sp³-hybridized carbons (Fsp3) is 0.818. The molecule has 0 amide bonds. The number of carboxylic acid groups (broad SMARTS) is 2. The van der Waals surface area contributed by atoms with Crippen molar-refractivity contribution >= 4 is 11.9 Å². The smallest absolute Gasteiger partial charge is 0.323 e. The summed E-state index contributed by atoms with van der Waals surface area (Å²) in [6.07, 6.45) is 2.76. The third-order valence-electron chi connectivity index (χ3n) is 2.87. The van der Waals surface area contributed by atoms with E-state index in [0.29, 0.717) is 25.7 Å². The van der Waals surface area contributed by atoms with E-state index in [1.54, 1.807) is 0 Å². The van der Waals surface area contributed by atoms with Gasteiger partial charge in [-0.1, -0.05) is 19.3 Å². The van der Waals surface area contributed by atoms with E-state index in [0.717, 1.165) is 6.42 Å². The quantitative estimate of drug-likeness (QED) is 0.463. The summed E-state index contributed by atoms with van der Waals surface area (Å²) in [7, 11) is 0. The number of hydrogen-bond donors (Lipinski definition) is 4.